The Hall–Kier alpha value is -2.09. The first-order valence-corrected chi connectivity index (χ1v) is 3.93. The van der Waals surface area contributed by atoms with Crippen LogP contribution in [-0.4, -0.2) is 10.0 Å². The van der Waals surface area contributed by atoms with Gasteiger partial charge in [-0.25, -0.2) is 0 Å². The first kappa shape index (κ1) is 9.99. The maximum atomic E-state index is 10.4. The number of nitriles is 1. The summed E-state index contributed by atoms with van der Waals surface area (Å²) in [4.78, 5) is 9.77. The van der Waals surface area contributed by atoms with Crippen LogP contribution >= 0.6 is 0 Å². The molecule has 0 fully saturated rings. The Labute approximate surface area is 80.4 Å². The molecular weight excluding hydrogens is 184 g/mol. The molecule has 0 bridgehead atoms. The normalized spacial score (nSPS) is 11.7. The molecule has 72 valence electrons. The first-order chi connectivity index (χ1) is 6.56. The van der Waals surface area contributed by atoms with Crippen LogP contribution in [0, 0.1) is 21.4 Å². The minimum absolute atomic E-state index is 0.371. The number of hydrogen-bond donors (Lipinski definition) is 1. The smallest absolute Gasteiger partial charge is 0.311 e. The van der Waals surface area contributed by atoms with Crippen LogP contribution in [0.25, 0.3) is 0 Å². The zero-order valence-corrected chi connectivity index (χ0v) is 7.47. The topological polar surface area (TPSA) is 87.2 Å². The highest BCUT2D eigenvalue weighted by atomic mass is 16.6. The van der Waals surface area contributed by atoms with E-state index in [0.29, 0.717) is 5.56 Å². The molecule has 1 aromatic rings. The van der Waals surface area contributed by atoms with Crippen LogP contribution in [0.5, 0.6) is 5.75 Å². The number of hydrogen-bond acceptors (Lipinski definition) is 4. The van der Waals surface area contributed by atoms with Crippen molar-refractivity contribution < 1.29 is 10.0 Å². The van der Waals surface area contributed by atoms with Gasteiger partial charge in [0.2, 0.25) is 0 Å². The standard InChI is InChI=1S/C9H8N2O3/c1-6(5-10)7-2-3-9(12)8(4-7)11(13)14/h2-4,6,12H,1H3. The molecule has 1 N–H and O–H groups in total. The van der Waals surface area contributed by atoms with Gasteiger partial charge < -0.3 is 5.11 Å². The Balaban J connectivity index is 3.21. The van der Waals surface area contributed by atoms with Gasteiger partial charge in [-0.15, -0.1) is 0 Å². The van der Waals surface area contributed by atoms with Crippen LogP contribution < -0.4 is 0 Å². The average Bonchev–Trinajstić information content (AvgIpc) is 2.17. The van der Waals surface area contributed by atoms with Gasteiger partial charge >= 0.3 is 5.69 Å². The van der Waals surface area contributed by atoms with Crippen LogP contribution in [0.3, 0.4) is 0 Å². The molecule has 0 aliphatic rings. The highest BCUT2D eigenvalue weighted by molar-refractivity contribution is 5.49. The highest BCUT2D eigenvalue weighted by Gasteiger charge is 2.15. The van der Waals surface area contributed by atoms with E-state index in [9.17, 15) is 10.1 Å². The molecule has 14 heavy (non-hydrogen) atoms. The Morgan fingerprint density at radius 3 is 2.79 bits per heavy atom. The predicted octanol–water partition coefficient (Wildman–Crippen LogP) is 1.93. The number of phenolic OH excluding ortho intramolecular Hbond substituents is 1. The predicted molar refractivity (Wildman–Crippen MR) is 48.8 cm³/mol. The number of nitro groups is 1. The zero-order valence-electron chi connectivity index (χ0n) is 7.47. The number of phenols is 1. The van der Waals surface area contributed by atoms with E-state index in [4.69, 9.17) is 10.4 Å². The van der Waals surface area contributed by atoms with Crippen molar-refractivity contribution in [2.45, 2.75) is 12.8 Å². The molecule has 0 saturated carbocycles. The zero-order chi connectivity index (χ0) is 10.7. The van der Waals surface area contributed by atoms with Gasteiger partial charge in [0.25, 0.3) is 0 Å². The van der Waals surface area contributed by atoms with Gasteiger partial charge in [-0.2, -0.15) is 5.26 Å². The van der Waals surface area contributed by atoms with Gasteiger partial charge in [-0.3, -0.25) is 10.1 Å². The molecule has 1 unspecified atom stereocenters. The second kappa shape index (κ2) is 3.75. The van der Waals surface area contributed by atoms with Gasteiger partial charge in [-0.05, 0) is 18.6 Å². The Morgan fingerprint density at radius 1 is 1.64 bits per heavy atom. The summed E-state index contributed by atoms with van der Waals surface area (Å²) in [7, 11) is 0. The van der Waals surface area contributed by atoms with Crippen molar-refractivity contribution in [3.63, 3.8) is 0 Å². The fourth-order valence-electron chi connectivity index (χ4n) is 1.03. The van der Waals surface area contributed by atoms with Gasteiger partial charge in [-0.1, -0.05) is 6.07 Å². The fraction of sp³-hybridized carbons (Fsp3) is 0.222. The quantitative estimate of drug-likeness (QED) is 0.572. The van der Waals surface area contributed by atoms with Crippen molar-refractivity contribution in [1.82, 2.24) is 0 Å². The molecule has 0 heterocycles. The van der Waals surface area contributed by atoms with E-state index < -0.39 is 10.8 Å². The highest BCUT2D eigenvalue weighted by Crippen LogP contribution is 2.29. The fourth-order valence-corrected chi connectivity index (χ4v) is 1.03. The second-order valence-corrected chi connectivity index (χ2v) is 2.86. The van der Waals surface area contributed by atoms with E-state index in [2.05, 4.69) is 0 Å². The lowest BCUT2D eigenvalue weighted by atomic mass is 10.0. The molecule has 0 spiro atoms. The molecule has 5 nitrogen and oxygen atoms in total. The minimum atomic E-state index is -0.678. The summed E-state index contributed by atoms with van der Waals surface area (Å²) in [5.41, 5.74) is 0.154. The van der Waals surface area contributed by atoms with Gasteiger partial charge in [0, 0.05) is 6.07 Å². The Kier molecular flexibility index (Phi) is 2.67. The Morgan fingerprint density at radius 2 is 2.29 bits per heavy atom. The van der Waals surface area contributed by atoms with E-state index in [1.54, 1.807) is 6.92 Å². The summed E-state index contributed by atoms with van der Waals surface area (Å²) in [6.07, 6.45) is 0. The van der Waals surface area contributed by atoms with E-state index in [-0.39, 0.29) is 11.4 Å². The molecule has 0 saturated heterocycles. The van der Waals surface area contributed by atoms with Gasteiger partial charge in [0.15, 0.2) is 5.75 Å². The molecule has 0 aliphatic heterocycles. The van der Waals surface area contributed by atoms with Gasteiger partial charge in [0.1, 0.15) is 0 Å². The molecule has 1 atom stereocenters. The number of benzene rings is 1. The lowest BCUT2D eigenvalue weighted by Crippen LogP contribution is -1.93. The number of nitro benzene ring substituents is 1. The molecule has 1 rings (SSSR count). The van der Waals surface area contributed by atoms with Crippen LogP contribution in [0.4, 0.5) is 5.69 Å². The third kappa shape index (κ3) is 1.80. The van der Waals surface area contributed by atoms with Gasteiger partial charge in [0.05, 0.1) is 16.9 Å². The van der Waals surface area contributed by atoms with E-state index >= 15 is 0 Å². The summed E-state index contributed by atoms with van der Waals surface area (Å²) in [6, 6.07) is 5.89. The lowest BCUT2D eigenvalue weighted by Gasteiger charge is -2.02. The maximum Gasteiger partial charge on any atom is 0.311 e. The van der Waals surface area contributed by atoms with E-state index in [0.717, 1.165) is 0 Å². The van der Waals surface area contributed by atoms with Crippen LogP contribution in [-0.2, 0) is 0 Å². The van der Waals surface area contributed by atoms with Crippen molar-refractivity contribution in [3.05, 3.63) is 33.9 Å². The number of nitrogens with zero attached hydrogens (tertiary/aromatic N) is 2. The monoisotopic (exact) mass is 192 g/mol. The molecule has 0 aliphatic carbocycles. The van der Waals surface area contributed by atoms with E-state index in [1.165, 1.54) is 18.2 Å². The van der Waals surface area contributed by atoms with Crippen LogP contribution in [0.15, 0.2) is 18.2 Å². The summed E-state index contributed by atoms with van der Waals surface area (Å²) in [5.74, 6) is -0.807. The van der Waals surface area contributed by atoms with Crippen LogP contribution in [0.2, 0.25) is 0 Å². The molecular formula is C9H8N2O3. The summed E-state index contributed by atoms with van der Waals surface area (Å²) < 4.78 is 0. The first-order valence-electron chi connectivity index (χ1n) is 3.93. The van der Waals surface area contributed by atoms with E-state index in [1.807, 2.05) is 6.07 Å². The second-order valence-electron chi connectivity index (χ2n) is 2.86. The third-order valence-corrected chi connectivity index (χ3v) is 1.89. The maximum absolute atomic E-state index is 10.4. The van der Waals surface area contributed by atoms with Crippen molar-refractivity contribution in [1.29, 1.82) is 5.26 Å². The summed E-state index contributed by atoms with van der Waals surface area (Å²) >= 11 is 0. The van der Waals surface area contributed by atoms with Crippen LogP contribution in [0.1, 0.15) is 18.4 Å². The summed E-state index contributed by atoms with van der Waals surface area (Å²) in [5, 5.41) is 28.2. The number of aromatic hydroxyl groups is 1. The van der Waals surface area contributed by atoms with Crippen molar-refractivity contribution in [3.8, 4) is 11.8 Å². The molecule has 5 heteroatoms. The average molecular weight is 192 g/mol. The Bertz CT molecular complexity index is 409. The largest absolute Gasteiger partial charge is 0.502 e. The molecule has 0 aromatic heterocycles. The SMILES string of the molecule is CC(C#N)c1ccc(O)c([N+](=O)[O-])c1. The van der Waals surface area contributed by atoms with Crippen molar-refractivity contribution in [2.24, 2.45) is 0 Å². The lowest BCUT2D eigenvalue weighted by molar-refractivity contribution is -0.385. The molecule has 0 radical (unpaired) electrons. The number of rotatable bonds is 2. The minimum Gasteiger partial charge on any atom is -0.502 e. The molecule has 0 amide bonds. The van der Waals surface area contributed by atoms with Crippen molar-refractivity contribution >= 4 is 5.69 Å². The summed E-state index contributed by atoms with van der Waals surface area (Å²) in [6.45, 7) is 1.64. The third-order valence-electron chi connectivity index (χ3n) is 1.89. The molecule has 1 aromatic carbocycles. The van der Waals surface area contributed by atoms with Crippen molar-refractivity contribution in [2.75, 3.05) is 0 Å².